The lowest BCUT2D eigenvalue weighted by Gasteiger charge is -2.28. The zero-order valence-electron chi connectivity index (χ0n) is 11.6. The molecule has 1 N–H and O–H groups in total. The molecule has 5 heteroatoms. The molecule has 2 nitrogen and oxygen atoms in total. The van der Waals surface area contributed by atoms with E-state index in [4.69, 9.17) is 4.74 Å². The molecule has 0 aliphatic heterocycles. The van der Waals surface area contributed by atoms with Crippen molar-refractivity contribution in [2.24, 2.45) is 0 Å². The Morgan fingerprint density at radius 3 is 2.05 bits per heavy atom. The van der Waals surface area contributed by atoms with Gasteiger partial charge in [0.15, 0.2) is 0 Å². The first-order valence-corrected chi connectivity index (χ1v) is 6.09. The van der Waals surface area contributed by atoms with Crippen molar-refractivity contribution in [2.75, 3.05) is 14.2 Å². The van der Waals surface area contributed by atoms with E-state index in [1.807, 2.05) is 13.8 Å². The van der Waals surface area contributed by atoms with Crippen molar-refractivity contribution in [2.45, 2.75) is 38.1 Å². The van der Waals surface area contributed by atoms with Gasteiger partial charge in [0.05, 0.1) is 11.2 Å². The van der Waals surface area contributed by atoms with Crippen LogP contribution in [0.3, 0.4) is 0 Å². The number of alkyl halides is 3. The number of ether oxygens (including phenoxy) is 1. The van der Waals surface area contributed by atoms with Gasteiger partial charge in [0.25, 0.3) is 0 Å². The van der Waals surface area contributed by atoms with Crippen molar-refractivity contribution in [3.8, 4) is 0 Å². The first-order valence-electron chi connectivity index (χ1n) is 6.09. The molecule has 19 heavy (non-hydrogen) atoms. The molecule has 0 heterocycles. The molecule has 1 rings (SSSR count). The van der Waals surface area contributed by atoms with E-state index in [0.29, 0.717) is 6.42 Å². The van der Waals surface area contributed by atoms with E-state index in [1.165, 1.54) is 12.1 Å². The molecule has 0 spiro atoms. The van der Waals surface area contributed by atoms with E-state index < -0.39 is 11.7 Å². The maximum Gasteiger partial charge on any atom is 0.416 e. The minimum atomic E-state index is -4.29. The molecule has 0 radical (unpaired) electrons. The van der Waals surface area contributed by atoms with Crippen LogP contribution in [0.25, 0.3) is 0 Å². The number of benzene rings is 1. The van der Waals surface area contributed by atoms with Gasteiger partial charge in [-0.25, -0.2) is 0 Å². The summed E-state index contributed by atoms with van der Waals surface area (Å²) in [4.78, 5) is 0. The van der Waals surface area contributed by atoms with Gasteiger partial charge in [0.1, 0.15) is 0 Å². The first kappa shape index (κ1) is 16.0. The zero-order chi connectivity index (χ0) is 14.7. The molecule has 1 atom stereocenters. The number of methoxy groups -OCH3 is 1. The number of hydrogen-bond acceptors (Lipinski definition) is 2. The van der Waals surface area contributed by atoms with E-state index in [-0.39, 0.29) is 11.6 Å². The van der Waals surface area contributed by atoms with Crippen LogP contribution in [0.1, 0.15) is 37.4 Å². The molecule has 1 aromatic rings. The normalized spacial score (nSPS) is 14.5. The van der Waals surface area contributed by atoms with Crippen molar-refractivity contribution in [1.29, 1.82) is 0 Å². The summed E-state index contributed by atoms with van der Waals surface area (Å²) in [5.74, 6) is 0. The van der Waals surface area contributed by atoms with Gasteiger partial charge in [-0.1, -0.05) is 12.1 Å². The van der Waals surface area contributed by atoms with Gasteiger partial charge >= 0.3 is 6.18 Å². The first-order chi connectivity index (χ1) is 8.69. The Hall–Kier alpha value is -1.07. The lowest BCUT2D eigenvalue weighted by molar-refractivity contribution is -0.137. The molecule has 1 unspecified atom stereocenters. The largest absolute Gasteiger partial charge is 0.416 e. The standard InChI is InChI=1S/C14H20F3NO/c1-13(2,19-4)9-12(18-3)10-5-7-11(8-6-10)14(15,16)17/h5-8,12,18H,9H2,1-4H3. The Morgan fingerprint density at radius 1 is 1.16 bits per heavy atom. The van der Waals surface area contributed by atoms with Crippen molar-refractivity contribution in [3.05, 3.63) is 35.4 Å². The third-order valence-corrected chi connectivity index (χ3v) is 3.24. The summed E-state index contributed by atoms with van der Waals surface area (Å²) < 4.78 is 42.8. The predicted octanol–water partition coefficient (Wildman–Crippen LogP) is 3.78. The highest BCUT2D eigenvalue weighted by molar-refractivity contribution is 5.27. The van der Waals surface area contributed by atoms with Crippen LogP contribution in [0.5, 0.6) is 0 Å². The van der Waals surface area contributed by atoms with Crippen LogP contribution >= 0.6 is 0 Å². The highest BCUT2D eigenvalue weighted by atomic mass is 19.4. The molecular formula is C14H20F3NO. The van der Waals surface area contributed by atoms with Crippen molar-refractivity contribution in [3.63, 3.8) is 0 Å². The number of nitrogens with one attached hydrogen (secondary N) is 1. The third kappa shape index (κ3) is 4.51. The molecule has 1 aromatic carbocycles. The molecule has 0 aromatic heterocycles. The summed E-state index contributed by atoms with van der Waals surface area (Å²) in [5, 5.41) is 3.11. The van der Waals surface area contributed by atoms with Gasteiger partial charge in [0.2, 0.25) is 0 Å². The quantitative estimate of drug-likeness (QED) is 0.883. The molecule has 0 amide bonds. The van der Waals surface area contributed by atoms with E-state index in [9.17, 15) is 13.2 Å². The fourth-order valence-corrected chi connectivity index (χ4v) is 1.87. The summed E-state index contributed by atoms with van der Waals surface area (Å²) in [7, 11) is 3.41. The molecule has 0 bridgehead atoms. The van der Waals surface area contributed by atoms with Crippen LogP contribution in [0.15, 0.2) is 24.3 Å². The molecule has 0 aliphatic rings. The molecule has 0 saturated carbocycles. The summed E-state index contributed by atoms with van der Waals surface area (Å²) in [5.41, 5.74) is -0.145. The summed E-state index contributed by atoms with van der Waals surface area (Å²) in [6, 6.07) is 5.20. The average molecular weight is 275 g/mol. The fraction of sp³-hybridized carbons (Fsp3) is 0.571. The van der Waals surface area contributed by atoms with Gasteiger partial charge in [-0.2, -0.15) is 13.2 Å². The Bertz CT molecular complexity index is 398. The van der Waals surface area contributed by atoms with E-state index in [2.05, 4.69) is 5.32 Å². The maximum atomic E-state index is 12.5. The van der Waals surface area contributed by atoms with Crippen LogP contribution in [-0.2, 0) is 10.9 Å². The van der Waals surface area contributed by atoms with E-state index >= 15 is 0 Å². The summed E-state index contributed by atoms with van der Waals surface area (Å²) in [6.45, 7) is 3.89. The van der Waals surface area contributed by atoms with E-state index in [0.717, 1.165) is 17.7 Å². The molecule has 0 aliphatic carbocycles. The second-order valence-corrected chi connectivity index (χ2v) is 5.13. The van der Waals surface area contributed by atoms with Gasteiger partial charge in [-0.05, 0) is 45.0 Å². The van der Waals surface area contributed by atoms with Crippen molar-refractivity contribution < 1.29 is 17.9 Å². The third-order valence-electron chi connectivity index (χ3n) is 3.24. The predicted molar refractivity (Wildman–Crippen MR) is 68.9 cm³/mol. The second-order valence-electron chi connectivity index (χ2n) is 5.13. The minimum Gasteiger partial charge on any atom is -0.379 e. The van der Waals surface area contributed by atoms with Crippen LogP contribution < -0.4 is 5.32 Å². The maximum absolute atomic E-state index is 12.5. The zero-order valence-corrected chi connectivity index (χ0v) is 11.6. The average Bonchev–Trinajstić information content (AvgIpc) is 2.35. The highest BCUT2D eigenvalue weighted by Crippen LogP contribution is 2.31. The van der Waals surface area contributed by atoms with Crippen LogP contribution in [0, 0.1) is 0 Å². The number of hydrogen-bond donors (Lipinski definition) is 1. The Balaban J connectivity index is 2.89. The Morgan fingerprint density at radius 2 is 1.68 bits per heavy atom. The van der Waals surface area contributed by atoms with Gasteiger partial charge in [-0.15, -0.1) is 0 Å². The smallest absolute Gasteiger partial charge is 0.379 e. The lowest BCUT2D eigenvalue weighted by Crippen LogP contribution is -2.30. The second kappa shape index (κ2) is 5.92. The monoisotopic (exact) mass is 275 g/mol. The number of rotatable bonds is 5. The Kier molecular flexibility index (Phi) is 4.98. The van der Waals surface area contributed by atoms with Crippen LogP contribution in [-0.4, -0.2) is 19.8 Å². The van der Waals surface area contributed by atoms with Crippen molar-refractivity contribution >= 4 is 0 Å². The van der Waals surface area contributed by atoms with Gasteiger partial charge in [-0.3, -0.25) is 0 Å². The molecule has 0 saturated heterocycles. The molecular weight excluding hydrogens is 255 g/mol. The van der Waals surface area contributed by atoms with Crippen LogP contribution in [0.2, 0.25) is 0 Å². The molecule has 108 valence electrons. The molecule has 0 fully saturated rings. The summed E-state index contributed by atoms with van der Waals surface area (Å²) in [6.07, 6.45) is -3.62. The van der Waals surface area contributed by atoms with Gasteiger partial charge < -0.3 is 10.1 Å². The topological polar surface area (TPSA) is 21.3 Å². The van der Waals surface area contributed by atoms with Crippen LogP contribution in [0.4, 0.5) is 13.2 Å². The lowest BCUT2D eigenvalue weighted by atomic mass is 9.93. The Labute approximate surface area is 112 Å². The minimum absolute atomic E-state index is 0.0442. The van der Waals surface area contributed by atoms with Gasteiger partial charge in [0, 0.05) is 13.2 Å². The fourth-order valence-electron chi connectivity index (χ4n) is 1.87. The SMILES string of the molecule is CNC(CC(C)(C)OC)c1ccc(C(F)(F)F)cc1. The van der Waals surface area contributed by atoms with Crippen molar-refractivity contribution in [1.82, 2.24) is 5.32 Å². The highest BCUT2D eigenvalue weighted by Gasteiger charge is 2.30. The summed E-state index contributed by atoms with van der Waals surface area (Å²) >= 11 is 0. The number of halogens is 3. The van der Waals surface area contributed by atoms with E-state index in [1.54, 1.807) is 14.2 Å².